The first-order chi connectivity index (χ1) is 12.3. The molecule has 2 N–H and O–H groups in total. The molecule has 0 aromatic heterocycles. The first-order valence-corrected chi connectivity index (χ1v) is 9.01. The number of likely N-dealkylation sites (tertiary alicyclic amines) is 1. The molecule has 6 nitrogen and oxygen atoms in total. The van der Waals surface area contributed by atoms with Crippen LogP contribution in [0.15, 0.2) is 24.3 Å². The molecule has 26 heavy (non-hydrogen) atoms. The summed E-state index contributed by atoms with van der Waals surface area (Å²) in [7, 11) is 3.75. The first-order valence-electron chi connectivity index (χ1n) is 9.01. The molecule has 1 saturated heterocycles. The van der Waals surface area contributed by atoms with Crippen LogP contribution in [-0.2, 0) is 4.79 Å². The number of benzene rings is 1. The Labute approximate surface area is 153 Å². The highest BCUT2D eigenvalue weighted by atomic mass is 19.1. The molecule has 0 radical (unpaired) electrons. The maximum Gasteiger partial charge on any atom is 0.317 e. The maximum atomic E-state index is 13.5. The van der Waals surface area contributed by atoms with Crippen LogP contribution in [0, 0.1) is 17.2 Å². The van der Waals surface area contributed by atoms with Crippen molar-refractivity contribution < 1.29 is 19.1 Å². The van der Waals surface area contributed by atoms with Crippen LogP contribution in [0.2, 0.25) is 0 Å². The fourth-order valence-corrected chi connectivity index (χ4v) is 4.40. The Morgan fingerprint density at radius 2 is 2.23 bits per heavy atom. The summed E-state index contributed by atoms with van der Waals surface area (Å²) in [5.74, 6) is -1.06. The van der Waals surface area contributed by atoms with Gasteiger partial charge in [0.1, 0.15) is 5.82 Å². The molecule has 2 fully saturated rings. The lowest BCUT2D eigenvalue weighted by Crippen LogP contribution is -2.44. The molecule has 7 heteroatoms. The number of nitrogens with zero attached hydrogens (tertiary/aromatic N) is 2. The zero-order chi connectivity index (χ0) is 18.9. The smallest absolute Gasteiger partial charge is 0.317 e. The first kappa shape index (κ1) is 18.6. The highest BCUT2D eigenvalue weighted by Gasteiger charge is 2.55. The highest BCUT2D eigenvalue weighted by molar-refractivity contribution is 5.80. The van der Waals surface area contributed by atoms with E-state index in [1.165, 1.54) is 12.1 Å². The van der Waals surface area contributed by atoms with E-state index in [-0.39, 0.29) is 30.4 Å². The van der Waals surface area contributed by atoms with Crippen LogP contribution in [-0.4, -0.2) is 60.6 Å². The number of carboxylic acids is 1. The SMILES string of the molecule is CN(C)C(CNC(=O)N1C[C@@H]2CCC[C@@]2(C(=O)O)C1)c1cccc(F)c1. The van der Waals surface area contributed by atoms with Gasteiger partial charge in [0, 0.05) is 19.6 Å². The Morgan fingerprint density at radius 1 is 1.46 bits per heavy atom. The quantitative estimate of drug-likeness (QED) is 0.842. The molecular weight excluding hydrogens is 337 g/mol. The van der Waals surface area contributed by atoms with Gasteiger partial charge in [0.2, 0.25) is 0 Å². The molecule has 1 saturated carbocycles. The standard InChI is InChI=1S/C19H26FN3O3/c1-22(2)16(13-5-3-7-15(20)9-13)10-21-18(26)23-11-14-6-4-8-19(14,12-23)17(24)25/h3,5,7,9,14,16H,4,6,8,10-12H2,1-2H3,(H,21,26)(H,24,25)/t14-,16?,19+/m0/s1. The second kappa shape index (κ2) is 7.23. The Hall–Kier alpha value is -2.15. The molecule has 0 spiro atoms. The predicted octanol–water partition coefficient (Wildman–Crippen LogP) is 2.32. The largest absolute Gasteiger partial charge is 0.481 e. The second-order valence-corrected chi connectivity index (χ2v) is 7.65. The van der Waals surface area contributed by atoms with Crippen molar-refractivity contribution >= 4 is 12.0 Å². The number of amides is 2. The van der Waals surface area contributed by atoms with Gasteiger partial charge >= 0.3 is 12.0 Å². The summed E-state index contributed by atoms with van der Waals surface area (Å²) < 4.78 is 13.5. The minimum Gasteiger partial charge on any atom is -0.481 e. The summed E-state index contributed by atoms with van der Waals surface area (Å²) in [6.45, 7) is 1.09. The molecule has 2 amide bonds. The number of halogens is 1. The second-order valence-electron chi connectivity index (χ2n) is 7.65. The fraction of sp³-hybridized carbons (Fsp3) is 0.579. The van der Waals surface area contributed by atoms with Crippen LogP contribution in [0.4, 0.5) is 9.18 Å². The van der Waals surface area contributed by atoms with Crippen molar-refractivity contribution in [2.75, 3.05) is 33.7 Å². The minimum atomic E-state index is -0.791. The van der Waals surface area contributed by atoms with E-state index >= 15 is 0 Å². The lowest BCUT2D eigenvalue weighted by molar-refractivity contribution is -0.149. The number of likely N-dealkylation sites (N-methyl/N-ethyl adjacent to an activating group) is 1. The van der Waals surface area contributed by atoms with Crippen LogP contribution in [0.5, 0.6) is 0 Å². The zero-order valence-electron chi connectivity index (χ0n) is 15.2. The van der Waals surface area contributed by atoms with Gasteiger partial charge in [0.15, 0.2) is 0 Å². The van der Waals surface area contributed by atoms with Crippen molar-refractivity contribution in [3.8, 4) is 0 Å². The monoisotopic (exact) mass is 363 g/mol. The topological polar surface area (TPSA) is 72.9 Å². The molecule has 1 heterocycles. The van der Waals surface area contributed by atoms with E-state index in [1.807, 2.05) is 25.1 Å². The van der Waals surface area contributed by atoms with Gasteiger partial charge < -0.3 is 20.2 Å². The summed E-state index contributed by atoms with van der Waals surface area (Å²) >= 11 is 0. The van der Waals surface area contributed by atoms with E-state index in [0.29, 0.717) is 19.5 Å². The molecule has 1 aliphatic carbocycles. The van der Waals surface area contributed by atoms with E-state index in [1.54, 1.807) is 11.0 Å². The zero-order valence-corrected chi connectivity index (χ0v) is 15.2. The van der Waals surface area contributed by atoms with E-state index in [2.05, 4.69) is 5.32 Å². The van der Waals surface area contributed by atoms with Crippen molar-refractivity contribution in [1.29, 1.82) is 0 Å². The number of fused-ring (bicyclic) bond motifs is 1. The van der Waals surface area contributed by atoms with Crippen LogP contribution >= 0.6 is 0 Å². The van der Waals surface area contributed by atoms with Gasteiger partial charge in [0.25, 0.3) is 0 Å². The number of carboxylic acid groups (broad SMARTS) is 1. The minimum absolute atomic E-state index is 0.0404. The van der Waals surface area contributed by atoms with Gasteiger partial charge in [-0.3, -0.25) is 4.79 Å². The fourth-order valence-electron chi connectivity index (χ4n) is 4.40. The molecule has 1 aromatic carbocycles. The maximum absolute atomic E-state index is 13.5. The third-order valence-corrected chi connectivity index (χ3v) is 5.89. The highest BCUT2D eigenvalue weighted by Crippen LogP contribution is 2.48. The molecule has 1 aliphatic heterocycles. The summed E-state index contributed by atoms with van der Waals surface area (Å²) in [6, 6.07) is 5.94. The van der Waals surface area contributed by atoms with Gasteiger partial charge in [-0.2, -0.15) is 0 Å². The summed E-state index contributed by atoms with van der Waals surface area (Å²) in [6.07, 6.45) is 2.41. The average Bonchev–Trinajstić information content (AvgIpc) is 3.13. The van der Waals surface area contributed by atoms with Gasteiger partial charge in [-0.05, 0) is 50.6 Å². The molecule has 142 valence electrons. The summed E-state index contributed by atoms with van der Waals surface area (Å²) in [5, 5.41) is 12.5. The van der Waals surface area contributed by atoms with E-state index in [0.717, 1.165) is 18.4 Å². The van der Waals surface area contributed by atoms with Crippen LogP contribution in [0.3, 0.4) is 0 Å². The number of aliphatic carboxylic acids is 1. The molecule has 1 unspecified atom stereocenters. The molecule has 0 bridgehead atoms. The van der Waals surface area contributed by atoms with Crippen LogP contribution in [0.25, 0.3) is 0 Å². The Balaban J connectivity index is 1.64. The Morgan fingerprint density at radius 3 is 2.85 bits per heavy atom. The molecular formula is C19H26FN3O3. The number of hydrogen-bond donors (Lipinski definition) is 2. The lowest BCUT2D eigenvalue weighted by atomic mass is 9.81. The van der Waals surface area contributed by atoms with Gasteiger partial charge in [-0.25, -0.2) is 9.18 Å². The van der Waals surface area contributed by atoms with Gasteiger partial charge in [-0.1, -0.05) is 18.6 Å². The van der Waals surface area contributed by atoms with E-state index < -0.39 is 11.4 Å². The third-order valence-electron chi connectivity index (χ3n) is 5.89. The normalized spacial score (nSPS) is 26.0. The molecule has 1 aromatic rings. The summed E-state index contributed by atoms with van der Waals surface area (Å²) in [5.41, 5.74) is 0.0107. The van der Waals surface area contributed by atoms with Gasteiger partial charge in [0.05, 0.1) is 11.5 Å². The van der Waals surface area contributed by atoms with Crippen molar-refractivity contribution in [3.05, 3.63) is 35.6 Å². The Bertz CT molecular complexity index is 696. The molecule has 3 rings (SSSR count). The average molecular weight is 363 g/mol. The number of rotatable bonds is 5. The van der Waals surface area contributed by atoms with Crippen molar-refractivity contribution in [1.82, 2.24) is 15.1 Å². The number of carbonyl (C=O) groups is 2. The molecule has 2 aliphatic rings. The molecule has 3 atom stereocenters. The number of urea groups is 1. The Kier molecular flexibility index (Phi) is 5.18. The number of carbonyl (C=O) groups excluding carboxylic acids is 1. The number of hydrogen-bond acceptors (Lipinski definition) is 3. The lowest BCUT2D eigenvalue weighted by Gasteiger charge is -2.27. The van der Waals surface area contributed by atoms with Crippen LogP contribution < -0.4 is 5.32 Å². The van der Waals surface area contributed by atoms with E-state index in [9.17, 15) is 19.1 Å². The van der Waals surface area contributed by atoms with Crippen molar-refractivity contribution in [2.24, 2.45) is 11.3 Å². The van der Waals surface area contributed by atoms with Gasteiger partial charge in [-0.15, -0.1) is 0 Å². The van der Waals surface area contributed by atoms with Crippen LogP contribution in [0.1, 0.15) is 30.9 Å². The van der Waals surface area contributed by atoms with Crippen molar-refractivity contribution in [3.63, 3.8) is 0 Å². The number of nitrogens with one attached hydrogen (secondary N) is 1. The third kappa shape index (κ3) is 3.40. The van der Waals surface area contributed by atoms with Crippen molar-refractivity contribution in [2.45, 2.75) is 25.3 Å². The summed E-state index contributed by atoms with van der Waals surface area (Å²) in [4.78, 5) is 27.9. The van der Waals surface area contributed by atoms with E-state index in [4.69, 9.17) is 0 Å². The predicted molar refractivity (Wildman–Crippen MR) is 95.2 cm³/mol.